The Morgan fingerprint density at radius 1 is 1.05 bits per heavy atom. The Bertz CT molecular complexity index is 1250. The number of carbonyl (C=O) groups is 1. The molecule has 3 aromatic rings. The molecule has 0 unspecified atom stereocenters. The van der Waals surface area contributed by atoms with E-state index in [-0.39, 0.29) is 16.3 Å². The van der Waals surface area contributed by atoms with E-state index in [9.17, 15) is 9.90 Å². The maximum Gasteiger partial charge on any atom is 0.271 e. The first-order chi connectivity index (χ1) is 17.9. The third-order valence-electron chi connectivity index (χ3n) is 6.02. The number of methoxy groups -OCH3 is 1. The summed E-state index contributed by atoms with van der Waals surface area (Å²) in [6, 6.07) is 17.6. The fraction of sp³-hybridized carbons (Fsp3) is 0.259. The smallest absolute Gasteiger partial charge is 0.271 e. The quantitative estimate of drug-likeness (QED) is 0.301. The van der Waals surface area contributed by atoms with Gasteiger partial charge in [0, 0.05) is 60.6 Å². The van der Waals surface area contributed by atoms with Gasteiger partial charge in [-0.25, -0.2) is 5.43 Å². The molecule has 2 N–H and O–H groups in total. The molecule has 0 saturated carbocycles. The van der Waals surface area contributed by atoms with Crippen molar-refractivity contribution in [2.24, 2.45) is 5.10 Å². The number of hydrogen-bond acceptors (Lipinski definition) is 7. The molecule has 194 valence electrons. The minimum absolute atomic E-state index is 0.0917. The average molecular weight is 543 g/mol. The zero-order valence-corrected chi connectivity index (χ0v) is 21.9. The van der Waals surface area contributed by atoms with Gasteiger partial charge in [-0.15, -0.1) is 0 Å². The highest BCUT2D eigenvalue weighted by Gasteiger charge is 2.17. The lowest BCUT2D eigenvalue weighted by molar-refractivity contribution is 0.0955. The predicted octanol–water partition coefficient (Wildman–Crippen LogP) is 4.67. The average Bonchev–Trinajstić information content (AvgIpc) is 2.91. The third kappa shape index (κ3) is 7.29. The number of phenols is 1. The molecule has 1 amide bonds. The number of anilines is 1. The highest BCUT2D eigenvalue weighted by molar-refractivity contribution is 6.32. The number of nitrogens with zero attached hydrogens (tertiary/aromatic N) is 3. The minimum atomic E-state index is -0.453. The summed E-state index contributed by atoms with van der Waals surface area (Å²) in [4.78, 5) is 17.0. The van der Waals surface area contributed by atoms with Crippen LogP contribution in [0, 0.1) is 0 Å². The van der Waals surface area contributed by atoms with E-state index in [0.717, 1.165) is 37.7 Å². The largest absolute Gasteiger partial charge is 0.506 e. The number of amides is 1. The summed E-state index contributed by atoms with van der Waals surface area (Å²) in [7, 11) is 1.56. The van der Waals surface area contributed by atoms with Crippen molar-refractivity contribution in [2.75, 3.05) is 51.3 Å². The molecule has 10 heteroatoms. The van der Waals surface area contributed by atoms with Crippen LogP contribution in [0.2, 0.25) is 10.0 Å². The Morgan fingerprint density at radius 2 is 1.81 bits per heavy atom. The molecule has 0 spiro atoms. The first-order valence-electron chi connectivity index (χ1n) is 11.8. The van der Waals surface area contributed by atoms with Crippen molar-refractivity contribution in [1.82, 2.24) is 10.3 Å². The standard InChI is InChI=1S/C27H28Cl2N4O4/c1-36-26-17-23(8-2-20(26)18-30-31-27(35)19-3-9-25(34)24(29)16-19)37-15-14-32-10-12-33(13-11-32)22-6-4-21(28)5-7-22/h2-9,16-18,34H,10-15H2,1H3,(H,31,35)/b30-18+. The molecule has 0 atom stereocenters. The lowest BCUT2D eigenvalue weighted by Crippen LogP contribution is -2.47. The van der Waals surface area contributed by atoms with Gasteiger partial charge >= 0.3 is 0 Å². The Morgan fingerprint density at radius 3 is 2.51 bits per heavy atom. The molecule has 1 fully saturated rings. The molecule has 4 rings (SSSR count). The van der Waals surface area contributed by atoms with Crippen LogP contribution in [0.1, 0.15) is 15.9 Å². The molecular formula is C27H28Cl2N4O4. The summed E-state index contributed by atoms with van der Waals surface area (Å²) in [6.45, 7) is 5.23. The SMILES string of the molecule is COc1cc(OCCN2CCN(c3ccc(Cl)cc3)CC2)ccc1/C=N/NC(=O)c1ccc(O)c(Cl)c1. The molecule has 1 aliphatic rings. The first kappa shape index (κ1) is 26.6. The Balaban J connectivity index is 1.24. The second-order valence-electron chi connectivity index (χ2n) is 8.42. The van der Waals surface area contributed by atoms with Crippen molar-refractivity contribution >= 4 is 41.0 Å². The van der Waals surface area contributed by atoms with Gasteiger partial charge in [0.15, 0.2) is 0 Å². The lowest BCUT2D eigenvalue weighted by Gasteiger charge is -2.36. The van der Waals surface area contributed by atoms with Gasteiger partial charge in [0.2, 0.25) is 0 Å². The van der Waals surface area contributed by atoms with Crippen molar-refractivity contribution in [3.8, 4) is 17.2 Å². The monoisotopic (exact) mass is 542 g/mol. The van der Waals surface area contributed by atoms with E-state index in [1.165, 1.54) is 30.1 Å². The van der Waals surface area contributed by atoms with Crippen molar-refractivity contribution in [1.29, 1.82) is 0 Å². The molecule has 0 radical (unpaired) electrons. The lowest BCUT2D eigenvalue weighted by atomic mass is 10.2. The van der Waals surface area contributed by atoms with E-state index >= 15 is 0 Å². The van der Waals surface area contributed by atoms with Crippen molar-refractivity contribution in [3.05, 3.63) is 81.8 Å². The van der Waals surface area contributed by atoms with Gasteiger partial charge in [0.25, 0.3) is 5.91 Å². The molecule has 0 bridgehead atoms. The van der Waals surface area contributed by atoms with E-state index in [1.807, 2.05) is 24.3 Å². The van der Waals surface area contributed by atoms with Gasteiger partial charge in [-0.3, -0.25) is 9.69 Å². The summed E-state index contributed by atoms with van der Waals surface area (Å²) >= 11 is 11.8. The summed E-state index contributed by atoms with van der Waals surface area (Å²) < 4.78 is 11.4. The van der Waals surface area contributed by atoms with Crippen LogP contribution in [-0.2, 0) is 0 Å². The fourth-order valence-corrected chi connectivity index (χ4v) is 4.24. The molecule has 0 aliphatic carbocycles. The maximum absolute atomic E-state index is 12.2. The molecule has 0 aromatic heterocycles. The minimum Gasteiger partial charge on any atom is -0.506 e. The van der Waals surface area contributed by atoms with E-state index in [4.69, 9.17) is 32.7 Å². The number of ether oxygens (including phenoxy) is 2. The van der Waals surface area contributed by atoms with E-state index < -0.39 is 5.91 Å². The molecule has 1 heterocycles. The number of rotatable bonds is 9. The first-order valence-corrected chi connectivity index (χ1v) is 12.5. The molecule has 37 heavy (non-hydrogen) atoms. The van der Waals surface area contributed by atoms with Gasteiger partial charge < -0.3 is 19.5 Å². The van der Waals surface area contributed by atoms with Crippen LogP contribution in [0.5, 0.6) is 17.2 Å². The Labute approximate surface area is 226 Å². The summed E-state index contributed by atoms with van der Waals surface area (Å²) in [5, 5.41) is 14.3. The van der Waals surface area contributed by atoms with Crippen LogP contribution in [0.4, 0.5) is 5.69 Å². The second-order valence-corrected chi connectivity index (χ2v) is 9.27. The van der Waals surface area contributed by atoms with Gasteiger partial charge in [-0.2, -0.15) is 5.10 Å². The normalized spacial score (nSPS) is 14.1. The van der Waals surface area contributed by atoms with Gasteiger partial charge in [-0.05, 0) is 54.6 Å². The van der Waals surface area contributed by atoms with Crippen LogP contribution in [0.15, 0.2) is 65.8 Å². The number of piperazine rings is 1. The van der Waals surface area contributed by atoms with Gasteiger partial charge in [0.1, 0.15) is 23.9 Å². The maximum atomic E-state index is 12.2. The molecule has 3 aromatic carbocycles. The molecule has 1 saturated heterocycles. The van der Waals surface area contributed by atoms with E-state index in [2.05, 4.69) is 32.5 Å². The number of hydrogen-bond donors (Lipinski definition) is 2. The molecular weight excluding hydrogens is 515 g/mol. The number of halogens is 2. The fourth-order valence-electron chi connectivity index (χ4n) is 3.94. The zero-order chi connectivity index (χ0) is 26.2. The second kappa shape index (κ2) is 12.7. The number of aromatic hydroxyl groups is 1. The summed E-state index contributed by atoms with van der Waals surface area (Å²) in [5.74, 6) is 0.716. The van der Waals surface area contributed by atoms with Crippen LogP contribution < -0.4 is 19.8 Å². The topological polar surface area (TPSA) is 86.6 Å². The number of hydrazone groups is 1. The molecule has 1 aliphatic heterocycles. The number of benzene rings is 3. The molecule has 8 nitrogen and oxygen atoms in total. The van der Waals surface area contributed by atoms with Gasteiger partial charge in [-0.1, -0.05) is 23.2 Å². The summed E-state index contributed by atoms with van der Waals surface area (Å²) in [6.07, 6.45) is 1.49. The van der Waals surface area contributed by atoms with Crippen molar-refractivity contribution in [2.45, 2.75) is 0 Å². The van der Waals surface area contributed by atoms with Crippen LogP contribution >= 0.6 is 23.2 Å². The summed E-state index contributed by atoms with van der Waals surface area (Å²) in [5.41, 5.74) is 4.59. The Hall–Kier alpha value is -3.46. The van der Waals surface area contributed by atoms with E-state index in [0.29, 0.717) is 23.7 Å². The number of phenolic OH excluding ortho intramolecular Hbond substituents is 1. The number of carbonyl (C=O) groups excluding carboxylic acids is 1. The van der Waals surface area contributed by atoms with Gasteiger partial charge in [0.05, 0.1) is 18.3 Å². The van der Waals surface area contributed by atoms with Crippen molar-refractivity contribution in [3.63, 3.8) is 0 Å². The number of nitrogens with one attached hydrogen (secondary N) is 1. The zero-order valence-electron chi connectivity index (χ0n) is 20.4. The Kier molecular flexibility index (Phi) is 9.11. The van der Waals surface area contributed by atoms with E-state index in [1.54, 1.807) is 13.2 Å². The van der Waals surface area contributed by atoms with Crippen molar-refractivity contribution < 1.29 is 19.4 Å². The highest BCUT2D eigenvalue weighted by atomic mass is 35.5. The van der Waals surface area contributed by atoms with Crippen LogP contribution in [-0.4, -0.2) is 68.6 Å². The predicted molar refractivity (Wildman–Crippen MR) is 147 cm³/mol. The van der Waals surface area contributed by atoms with Crippen LogP contribution in [0.25, 0.3) is 0 Å². The van der Waals surface area contributed by atoms with Crippen LogP contribution in [0.3, 0.4) is 0 Å². The highest BCUT2D eigenvalue weighted by Crippen LogP contribution is 2.25. The third-order valence-corrected chi connectivity index (χ3v) is 6.58.